The van der Waals surface area contributed by atoms with Crippen molar-refractivity contribution in [2.24, 2.45) is 0 Å². The number of hydrogen-bond donors (Lipinski definition) is 2. The van der Waals surface area contributed by atoms with E-state index in [2.05, 4.69) is 25.1 Å². The zero-order valence-corrected chi connectivity index (χ0v) is 21.1. The van der Waals surface area contributed by atoms with E-state index < -0.39 is 0 Å². The van der Waals surface area contributed by atoms with Crippen molar-refractivity contribution in [1.29, 1.82) is 0 Å². The molecule has 1 amide bonds. The van der Waals surface area contributed by atoms with Crippen molar-refractivity contribution in [2.45, 2.75) is 6.10 Å². The first-order chi connectivity index (χ1) is 17.3. The summed E-state index contributed by atoms with van der Waals surface area (Å²) in [5.74, 6) is 1.41. The van der Waals surface area contributed by atoms with Gasteiger partial charge < -0.3 is 35.2 Å². The average Bonchev–Trinajstić information content (AvgIpc) is 2.85. The van der Waals surface area contributed by atoms with Gasteiger partial charge in [-0.2, -0.15) is 4.98 Å². The molecule has 0 saturated carbocycles. The van der Waals surface area contributed by atoms with Crippen molar-refractivity contribution in [3.8, 4) is 11.6 Å². The molecular weight excluding hydrogens is 458 g/mol. The van der Waals surface area contributed by atoms with E-state index in [4.69, 9.17) is 15.2 Å². The molecule has 0 radical (unpaired) electrons. The van der Waals surface area contributed by atoms with Gasteiger partial charge in [0.05, 0.1) is 37.3 Å². The fraction of sp³-hybridized carbons (Fsp3) is 0.346. The number of anilines is 4. The fourth-order valence-electron chi connectivity index (χ4n) is 3.85. The topological polar surface area (TPSA) is 109 Å². The van der Waals surface area contributed by atoms with Crippen LogP contribution in [0.5, 0.6) is 11.6 Å². The fourth-order valence-corrected chi connectivity index (χ4v) is 3.85. The smallest absolute Gasteiger partial charge is 0.254 e. The van der Waals surface area contributed by atoms with Gasteiger partial charge in [0.1, 0.15) is 11.9 Å². The summed E-state index contributed by atoms with van der Waals surface area (Å²) in [4.78, 5) is 27.2. The molecule has 1 aliphatic rings. The van der Waals surface area contributed by atoms with Crippen molar-refractivity contribution in [2.75, 3.05) is 70.4 Å². The number of ether oxygens (including phenoxy) is 2. The third-order valence-corrected chi connectivity index (χ3v) is 5.96. The minimum atomic E-state index is -0.123. The van der Waals surface area contributed by atoms with Gasteiger partial charge in [-0.15, -0.1) is 0 Å². The number of carbonyl (C=O) groups excluding carboxylic acids is 1. The normalized spacial score (nSPS) is 13.3. The van der Waals surface area contributed by atoms with Gasteiger partial charge >= 0.3 is 0 Å². The Bertz CT molecular complexity index is 1180. The molecule has 2 heterocycles. The first-order valence-electron chi connectivity index (χ1n) is 11.8. The number of likely N-dealkylation sites (N-methyl/N-ethyl adjacent to an activating group) is 2. The second kappa shape index (κ2) is 11.1. The molecule has 2 aromatic carbocycles. The third-order valence-electron chi connectivity index (χ3n) is 5.96. The van der Waals surface area contributed by atoms with Gasteiger partial charge in [0.25, 0.3) is 5.91 Å². The van der Waals surface area contributed by atoms with E-state index in [0.29, 0.717) is 47.6 Å². The number of carbonyl (C=O) groups is 1. The Morgan fingerprint density at radius 2 is 1.89 bits per heavy atom. The van der Waals surface area contributed by atoms with Gasteiger partial charge in [-0.25, -0.2) is 4.98 Å². The number of nitrogens with two attached hydrogens (primary N) is 1. The lowest BCUT2D eigenvalue weighted by atomic mass is 10.1. The molecule has 10 nitrogen and oxygen atoms in total. The summed E-state index contributed by atoms with van der Waals surface area (Å²) in [5, 5.41) is 3.18. The first-order valence-corrected chi connectivity index (χ1v) is 11.8. The Balaban J connectivity index is 1.39. The lowest BCUT2D eigenvalue weighted by molar-refractivity contribution is 0.0160. The highest BCUT2D eigenvalue weighted by Gasteiger charge is 2.33. The van der Waals surface area contributed by atoms with E-state index >= 15 is 0 Å². The van der Waals surface area contributed by atoms with Crippen molar-refractivity contribution in [1.82, 2.24) is 19.8 Å². The van der Waals surface area contributed by atoms with E-state index in [-0.39, 0.29) is 12.0 Å². The van der Waals surface area contributed by atoms with E-state index in [1.165, 1.54) is 0 Å². The molecule has 36 heavy (non-hydrogen) atoms. The lowest BCUT2D eigenvalue weighted by Gasteiger charge is -2.38. The zero-order valence-electron chi connectivity index (χ0n) is 21.1. The SMILES string of the molecule is COc1cc(N(C)CCN(C)C)c(N)cc1Nc1nccc(OC2CN(C(=O)c3ccccc3)C2)n1. The summed E-state index contributed by atoms with van der Waals surface area (Å²) in [6.45, 7) is 2.74. The summed E-state index contributed by atoms with van der Waals surface area (Å²) >= 11 is 0. The molecule has 0 unspecified atom stereocenters. The number of amides is 1. The van der Waals surface area contributed by atoms with Crippen LogP contribution in [0.3, 0.4) is 0 Å². The van der Waals surface area contributed by atoms with Crippen molar-refractivity contribution >= 4 is 28.9 Å². The predicted octanol–water partition coefficient (Wildman–Crippen LogP) is 2.71. The Morgan fingerprint density at radius 1 is 1.14 bits per heavy atom. The number of methoxy groups -OCH3 is 1. The maximum absolute atomic E-state index is 12.5. The maximum atomic E-state index is 12.5. The monoisotopic (exact) mass is 491 g/mol. The number of nitrogens with one attached hydrogen (secondary N) is 1. The highest BCUT2D eigenvalue weighted by Crippen LogP contribution is 2.36. The Kier molecular flexibility index (Phi) is 7.74. The quantitative estimate of drug-likeness (QED) is 0.414. The highest BCUT2D eigenvalue weighted by atomic mass is 16.5. The second-order valence-corrected chi connectivity index (χ2v) is 9.00. The molecule has 1 saturated heterocycles. The molecular formula is C26H33N7O3. The molecule has 4 rings (SSSR count). The van der Waals surface area contributed by atoms with Crippen LogP contribution >= 0.6 is 0 Å². The summed E-state index contributed by atoms with van der Waals surface area (Å²) in [6, 6.07) is 14.6. The van der Waals surface area contributed by atoms with Crippen LogP contribution in [0.2, 0.25) is 0 Å². The maximum Gasteiger partial charge on any atom is 0.254 e. The average molecular weight is 492 g/mol. The number of nitrogen functional groups attached to an aromatic ring is 1. The van der Waals surface area contributed by atoms with Crippen LogP contribution in [0.1, 0.15) is 10.4 Å². The number of nitrogens with zero attached hydrogens (tertiary/aromatic N) is 5. The number of aromatic nitrogens is 2. The number of benzene rings is 2. The largest absolute Gasteiger partial charge is 0.494 e. The van der Waals surface area contributed by atoms with Crippen LogP contribution < -0.4 is 25.4 Å². The second-order valence-electron chi connectivity index (χ2n) is 9.00. The van der Waals surface area contributed by atoms with E-state index in [1.54, 1.807) is 24.3 Å². The summed E-state index contributed by atoms with van der Waals surface area (Å²) < 4.78 is 11.6. The van der Waals surface area contributed by atoms with Crippen LogP contribution in [0.15, 0.2) is 54.7 Å². The molecule has 0 bridgehead atoms. The molecule has 3 N–H and O–H groups in total. The van der Waals surface area contributed by atoms with Crippen molar-refractivity contribution < 1.29 is 14.3 Å². The zero-order chi connectivity index (χ0) is 25.7. The number of hydrogen-bond acceptors (Lipinski definition) is 9. The van der Waals surface area contributed by atoms with E-state index in [9.17, 15) is 4.79 Å². The molecule has 0 atom stereocenters. The number of rotatable bonds is 10. The standard InChI is InChI=1S/C26H33N7O3/c1-31(2)12-13-32(3)22-15-23(35-4)21(14-20(22)27)29-26-28-11-10-24(30-26)36-19-16-33(17-19)25(34)18-8-6-5-7-9-18/h5-11,14-15,19H,12-13,16-17,27H2,1-4H3,(H,28,29,30). The minimum absolute atomic E-state index is 0.000910. The van der Waals surface area contributed by atoms with Crippen LogP contribution in [0.25, 0.3) is 0 Å². The Morgan fingerprint density at radius 3 is 2.58 bits per heavy atom. The van der Waals surface area contributed by atoms with Gasteiger partial charge in [-0.05, 0) is 32.3 Å². The molecule has 1 fully saturated rings. The van der Waals surface area contributed by atoms with Gasteiger partial charge in [0.2, 0.25) is 11.8 Å². The molecule has 10 heteroatoms. The van der Waals surface area contributed by atoms with Crippen molar-refractivity contribution in [3.05, 3.63) is 60.3 Å². The van der Waals surface area contributed by atoms with Gasteiger partial charge in [-0.1, -0.05) is 18.2 Å². The van der Waals surface area contributed by atoms with Gasteiger partial charge in [0, 0.05) is 44.0 Å². The lowest BCUT2D eigenvalue weighted by Crippen LogP contribution is -2.56. The third kappa shape index (κ3) is 5.95. The summed E-state index contributed by atoms with van der Waals surface area (Å²) in [6.07, 6.45) is 1.50. The molecule has 1 aromatic heterocycles. The molecule has 1 aliphatic heterocycles. The van der Waals surface area contributed by atoms with Crippen LogP contribution in [0, 0.1) is 0 Å². The molecule has 0 aliphatic carbocycles. The van der Waals surface area contributed by atoms with E-state index in [1.807, 2.05) is 63.6 Å². The number of likely N-dealkylation sites (tertiary alicyclic amines) is 1. The minimum Gasteiger partial charge on any atom is -0.494 e. The van der Waals surface area contributed by atoms with E-state index in [0.717, 1.165) is 18.8 Å². The molecule has 3 aromatic rings. The predicted molar refractivity (Wildman–Crippen MR) is 141 cm³/mol. The highest BCUT2D eigenvalue weighted by molar-refractivity contribution is 5.94. The van der Waals surface area contributed by atoms with Gasteiger partial charge in [-0.3, -0.25) is 4.79 Å². The summed E-state index contributed by atoms with van der Waals surface area (Å²) in [7, 11) is 7.68. The summed E-state index contributed by atoms with van der Waals surface area (Å²) in [5.41, 5.74) is 9.19. The Labute approximate surface area is 211 Å². The van der Waals surface area contributed by atoms with Crippen LogP contribution in [0.4, 0.5) is 23.0 Å². The van der Waals surface area contributed by atoms with Crippen molar-refractivity contribution in [3.63, 3.8) is 0 Å². The molecule has 190 valence electrons. The van der Waals surface area contributed by atoms with Crippen LogP contribution in [-0.2, 0) is 0 Å². The Hall–Kier alpha value is -4.05. The molecule has 0 spiro atoms. The van der Waals surface area contributed by atoms with Crippen LogP contribution in [-0.4, -0.2) is 86.2 Å². The van der Waals surface area contributed by atoms with Gasteiger partial charge in [0.15, 0.2) is 0 Å². The first kappa shape index (κ1) is 25.1.